The van der Waals surface area contributed by atoms with Crippen LogP contribution >= 0.6 is 11.3 Å². The number of aromatic nitrogens is 3. The highest BCUT2D eigenvalue weighted by Gasteiger charge is 2.36. The van der Waals surface area contributed by atoms with E-state index < -0.39 is 0 Å². The summed E-state index contributed by atoms with van der Waals surface area (Å²) in [5.74, 6) is 1.11. The number of hydrogen-bond donors (Lipinski definition) is 0. The van der Waals surface area contributed by atoms with Crippen molar-refractivity contribution in [2.24, 2.45) is 0 Å². The van der Waals surface area contributed by atoms with Gasteiger partial charge in [-0.3, -0.25) is 4.90 Å². The Hall–Kier alpha value is -1.57. The predicted molar refractivity (Wildman–Crippen MR) is 101 cm³/mol. The van der Waals surface area contributed by atoms with E-state index in [0.717, 1.165) is 45.1 Å². The van der Waals surface area contributed by atoms with Crippen LogP contribution in [0.15, 0.2) is 18.6 Å². The van der Waals surface area contributed by atoms with Crippen LogP contribution in [0, 0.1) is 0 Å². The molecule has 26 heavy (non-hydrogen) atoms. The van der Waals surface area contributed by atoms with E-state index in [1.807, 2.05) is 17.5 Å². The number of rotatable bonds is 5. The molecule has 1 aliphatic carbocycles. The van der Waals surface area contributed by atoms with Gasteiger partial charge < -0.3 is 9.64 Å². The molecule has 2 aromatic rings. The Kier molecular flexibility index (Phi) is 4.60. The number of ether oxygens (including phenoxy) is 1. The van der Waals surface area contributed by atoms with Gasteiger partial charge in [0.2, 0.25) is 0 Å². The molecule has 0 atom stereocenters. The van der Waals surface area contributed by atoms with Crippen LogP contribution < -0.4 is 4.90 Å². The lowest BCUT2D eigenvalue weighted by Crippen LogP contribution is -2.46. The molecule has 0 aromatic carbocycles. The van der Waals surface area contributed by atoms with Crippen molar-refractivity contribution in [1.29, 1.82) is 0 Å². The molecule has 0 N–H and O–H groups in total. The summed E-state index contributed by atoms with van der Waals surface area (Å²) >= 11 is 1.84. The average molecular weight is 372 g/mol. The third-order valence-electron chi connectivity index (χ3n) is 5.62. The minimum Gasteiger partial charge on any atom is -0.375 e. The van der Waals surface area contributed by atoms with E-state index >= 15 is 0 Å². The Morgan fingerprint density at radius 1 is 1.19 bits per heavy atom. The number of anilines is 1. The van der Waals surface area contributed by atoms with Crippen LogP contribution in [0.2, 0.25) is 0 Å². The first-order valence-corrected chi connectivity index (χ1v) is 10.5. The largest absolute Gasteiger partial charge is 0.375 e. The Morgan fingerprint density at radius 2 is 2.04 bits per heavy atom. The van der Waals surface area contributed by atoms with E-state index in [-0.39, 0.29) is 0 Å². The zero-order valence-electron chi connectivity index (χ0n) is 15.0. The van der Waals surface area contributed by atoms with E-state index in [4.69, 9.17) is 9.72 Å². The van der Waals surface area contributed by atoms with Crippen molar-refractivity contribution in [3.63, 3.8) is 0 Å². The quantitative estimate of drug-likeness (QED) is 0.805. The van der Waals surface area contributed by atoms with Gasteiger partial charge >= 0.3 is 0 Å². The molecule has 0 spiro atoms. The molecule has 4 heterocycles. The average Bonchev–Trinajstić information content (AvgIpc) is 3.43. The number of fused-ring (bicyclic) bond motifs is 1. The van der Waals surface area contributed by atoms with Gasteiger partial charge in [0.15, 0.2) is 0 Å². The van der Waals surface area contributed by atoms with Crippen molar-refractivity contribution in [1.82, 2.24) is 19.9 Å². The molecule has 2 fully saturated rings. The van der Waals surface area contributed by atoms with Crippen molar-refractivity contribution in [3.8, 4) is 0 Å². The summed E-state index contributed by atoms with van der Waals surface area (Å²) in [5.41, 5.74) is 1.27. The lowest BCUT2D eigenvalue weighted by Gasteiger charge is -2.39. The van der Waals surface area contributed by atoms with E-state index in [1.165, 1.54) is 41.3 Å². The molecule has 7 heteroatoms. The second-order valence-electron chi connectivity index (χ2n) is 7.49. The van der Waals surface area contributed by atoms with Crippen molar-refractivity contribution >= 4 is 17.2 Å². The molecule has 2 aliphatic heterocycles. The summed E-state index contributed by atoms with van der Waals surface area (Å²) < 4.78 is 5.55. The Bertz CT molecular complexity index is 716. The molecule has 5 rings (SSSR count). The normalized spacial score (nSPS) is 21.5. The minimum atomic E-state index is 0.603. The molecule has 2 aromatic heterocycles. The van der Waals surface area contributed by atoms with Gasteiger partial charge in [0.05, 0.1) is 30.3 Å². The number of likely N-dealkylation sites (tertiary alicyclic amines) is 1. The molecule has 0 radical (unpaired) electrons. The smallest absolute Gasteiger partial charge is 0.132 e. The molecule has 6 nitrogen and oxygen atoms in total. The summed E-state index contributed by atoms with van der Waals surface area (Å²) in [4.78, 5) is 19.9. The Balaban J connectivity index is 1.21. The Morgan fingerprint density at radius 3 is 2.77 bits per heavy atom. The third kappa shape index (κ3) is 3.48. The molecule has 0 amide bonds. The minimum absolute atomic E-state index is 0.603. The summed E-state index contributed by atoms with van der Waals surface area (Å²) in [6.07, 6.45) is 9.52. The summed E-state index contributed by atoms with van der Waals surface area (Å²) in [6.45, 7) is 4.84. The van der Waals surface area contributed by atoms with Gasteiger partial charge in [-0.15, -0.1) is 11.3 Å². The van der Waals surface area contributed by atoms with E-state index in [1.54, 1.807) is 6.33 Å². The van der Waals surface area contributed by atoms with Crippen molar-refractivity contribution in [3.05, 3.63) is 34.2 Å². The highest BCUT2D eigenvalue weighted by Crippen LogP contribution is 2.35. The van der Waals surface area contributed by atoms with Crippen LogP contribution in [0.1, 0.15) is 41.3 Å². The summed E-state index contributed by atoms with van der Waals surface area (Å²) in [7, 11) is 0. The van der Waals surface area contributed by atoms with Gasteiger partial charge in [0.25, 0.3) is 0 Å². The number of nitrogens with zero attached hydrogens (tertiary/aromatic N) is 5. The van der Waals surface area contributed by atoms with Gasteiger partial charge in [-0.1, -0.05) is 0 Å². The van der Waals surface area contributed by atoms with Gasteiger partial charge in [-0.25, -0.2) is 15.0 Å². The van der Waals surface area contributed by atoms with Crippen molar-refractivity contribution < 1.29 is 4.74 Å². The highest BCUT2D eigenvalue weighted by atomic mass is 32.1. The third-order valence-corrected chi connectivity index (χ3v) is 6.68. The predicted octanol–water partition coefficient (Wildman–Crippen LogP) is 2.64. The van der Waals surface area contributed by atoms with Crippen LogP contribution in [0.3, 0.4) is 0 Å². The van der Waals surface area contributed by atoms with Gasteiger partial charge in [0.1, 0.15) is 17.2 Å². The zero-order chi connectivity index (χ0) is 17.3. The van der Waals surface area contributed by atoms with E-state index in [2.05, 4.69) is 25.8 Å². The van der Waals surface area contributed by atoms with Crippen molar-refractivity contribution in [2.45, 2.75) is 57.3 Å². The Labute approximate surface area is 158 Å². The first kappa shape index (κ1) is 16.6. The fourth-order valence-electron chi connectivity index (χ4n) is 4.15. The molecule has 138 valence electrons. The molecular formula is C19H25N5OS. The SMILES string of the molecule is c1cc(N(C2CC2)C2CCN(Cc3nc4c(s3)COCC4)CC2)ncn1. The van der Waals surface area contributed by atoms with Crippen LogP contribution in [0.4, 0.5) is 5.82 Å². The van der Waals surface area contributed by atoms with Gasteiger partial charge in [-0.05, 0) is 31.7 Å². The standard InChI is InChI=1S/C19H25N5OS/c1-2-14(1)24(18-3-7-20-13-21-18)15-4-8-23(9-5-15)11-19-22-16-6-10-25-12-17(16)26-19/h3,7,13-15H,1-2,4-6,8-12H2. The van der Waals surface area contributed by atoms with Crippen LogP contribution in [-0.4, -0.2) is 51.6 Å². The maximum atomic E-state index is 5.55. The van der Waals surface area contributed by atoms with Gasteiger partial charge in [-0.2, -0.15) is 0 Å². The fourth-order valence-corrected chi connectivity index (χ4v) is 5.25. The zero-order valence-corrected chi connectivity index (χ0v) is 15.8. The molecule has 3 aliphatic rings. The van der Waals surface area contributed by atoms with Crippen LogP contribution in [0.5, 0.6) is 0 Å². The topological polar surface area (TPSA) is 54.4 Å². The summed E-state index contributed by atoms with van der Waals surface area (Å²) in [5, 5.41) is 1.26. The first-order valence-electron chi connectivity index (χ1n) is 9.69. The molecule has 0 unspecified atom stereocenters. The van der Waals surface area contributed by atoms with E-state index in [0.29, 0.717) is 12.1 Å². The fraction of sp³-hybridized carbons (Fsp3) is 0.632. The van der Waals surface area contributed by atoms with Crippen molar-refractivity contribution in [2.75, 3.05) is 24.6 Å². The molecular weight excluding hydrogens is 346 g/mol. The lowest BCUT2D eigenvalue weighted by molar-refractivity contribution is 0.112. The molecule has 1 saturated heterocycles. The van der Waals surface area contributed by atoms with E-state index in [9.17, 15) is 0 Å². The molecule has 1 saturated carbocycles. The number of hydrogen-bond acceptors (Lipinski definition) is 7. The number of thiazole rings is 1. The second-order valence-corrected chi connectivity index (χ2v) is 8.66. The maximum Gasteiger partial charge on any atom is 0.132 e. The second kappa shape index (κ2) is 7.21. The maximum absolute atomic E-state index is 5.55. The van der Waals surface area contributed by atoms with Gasteiger partial charge in [0, 0.05) is 37.8 Å². The first-order chi connectivity index (χ1) is 12.9. The highest BCUT2D eigenvalue weighted by molar-refractivity contribution is 7.11. The lowest BCUT2D eigenvalue weighted by atomic mass is 10.0. The number of piperidine rings is 1. The van der Waals surface area contributed by atoms with Crippen LogP contribution in [-0.2, 0) is 24.3 Å². The van der Waals surface area contributed by atoms with Crippen LogP contribution in [0.25, 0.3) is 0 Å². The molecule has 0 bridgehead atoms. The summed E-state index contributed by atoms with van der Waals surface area (Å²) in [6, 6.07) is 3.35. The monoisotopic (exact) mass is 371 g/mol.